The van der Waals surface area contributed by atoms with Crippen molar-refractivity contribution in [3.8, 4) is 11.8 Å². The molecule has 2 amide bonds. The normalized spacial score (nSPS) is 14.0. The van der Waals surface area contributed by atoms with E-state index < -0.39 is 17.5 Å². The third kappa shape index (κ3) is 6.53. The number of carbonyl (C=O) groups is 3. The molecule has 5 rings (SSSR count). The number of aromatic nitrogens is 1. The first-order valence-corrected chi connectivity index (χ1v) is 14.5. The molecule has 1 aromatic carbocycles. The van der Waals surface area contributed by atoms with Gasteiger partial charge in [0.2, 0.25) is 17.7 Å². The number of nitrogens with zero attached hydrogens (tertiary/aromatic N) is 2. The van der Waals surface area contributed by atoms with Crippen molar-refractivity contribution in [1.82, 2.24) is 15.4 Å². The number of unbranched alkanes of at least 4 members (excludes halogenated alkanes) is 3. The van der Waals surface area contributed by atoms with Gasteiger partial charge in [0.05, 0.1) is 0 Å². The third-order valence-electron chi connectivity index (χ3n) is 7.72. The zero-order chi connectivity index (χ0) is 29.6. The second kappa shape index (κ2) is 13.0. The average Bonchev–Trinajstić information content (AvgIpc) is 3.29. The predicted molar refractivity (Wildman–Crippen MR) is 154 cm³/mol. The largest absolute Gasteiger partial charge is 0.492 e. The highest BCUT2D eigenvalue weighted by Gasteiger charge is 2.27. The zero-order valence-corrected chi connectivity index (χ0v) is 23.4. The minimum atomic E-state index is -0.664. The van der Waals surface area contributed by atoms with Crippen LogP contribution in [-0.4, -0.2) is 58.9 Å². The molecule has 0 radical (unpaired) electrons. The van der Waals surface area contributed by atoms with Crippen LogP contribution in [0.1, 0.15) is 72.9 Å². The highest BCUT2D eigenvalue weighted by atomic mass is 16.7. The van der Waals surface area contributed by atoms with Crippen molar-refractivity contribution in [2.45, 2.75) is 64.2 Å². The molecule has 0 atom stereocenters. The maximum atomic E-state index is 12.8. The molecule has 12 nitrogen and oxygen atoms in total. The molecular weight excluding hydrogens is 544 g/mol. The van der Waals surface area contributed by atoms with Crippen LogP contribution in [-0.2, 0) is 22.4 Å². The molecule has 4 heterocycles. The molecule has 0 spiro atoms. The molecule has 0 bridgehead atoms. The van der Waals surface area contributed by atoms with Crippen LogP contribution < -0.4 is 26.0 Å². The second-order valence-corrected chi connectivity index (χ2v) is 10.8. The van der Waals surface area contributed by atoms with Crippen LogP contribution in [0, 0.1) is 0 Å². The first-order chi connectivity index (χ1) is 20.3. The minimum absolute atomic E-state index is 0.0460. The summed E-state index contributed by atoms with van der Waals surface area (Å²) in [5.41, 5.74) is 3.37. The van der Waals surface area contributed by atoms with E-state index in [0.29, 0.717) is 36.0 Å². The van der Waals surface area contributed by atoms with Gasteiger partial charge in [0.1, 0.15) is 11.1 Å². The van der Waals surface area contributed by atoms with Crippen molar-refractivity contribution in [2.75, 3.05) is 31.1 Å². The number of benzene rings is 1. The first kappa shape index (κ1) is 29.0. The number of nitrogens with one attached hydrogen (secondary N) is 2. The Morgan fingerprint density at radius 2 is 1.60 bits per heavy atom. The van der Waals surface area contributed by atoms with Crippen molar-refractivity contribution in [3.05, 3.63) is 51.4 Å². The van der Waals surface area contributed by atoms with Gasteiger partial charge in [-0.25, -0.2) is 9.59 Å². The van der Waals surface area contributed by atoms with Crippen molar-refractivity contribution < 1.29 is 33.9 Å². The number of carbonyl (C=O) groups excluding carboxylic acids is 3. The Balaban J connectivity index is 1.01. The molecule has 0 fully saturated rings. The lowest BCUT2D eigenvalue weighted by Crippen LogP contribution is -2.36. The molecule has 0 aliphatic carbocycles. The summed E-state index contributed by atoms with van der Waals surface area (Å²) in [7, 11) is 0. The number of hydrogen-bond acceptors (Lipinski definition) is 9. The van der Waals surface area contributed by atoms with Crippen molar-refractivity contribution in [1.29, 1.82) is 0 Å². The van der Waals surface area contributed by atoms with Gasteiger partial charge in [-0.1, -0.05) is 12.8 Å². The quantitative estimate of drug-likeness (QED) is 0.186. The summed E-state index contributed by atoms with van der Waals surface area (Å²) in [5.74, 6) is -2.01. The van der Waals surface area contributed by atoms with E-state index in [9.17, 15) is 29.4 Å². The maximum Gasteiger partial charge on any atom is 0.349 e. The number of hydrogen-bond donors (Lipinski definition) is 4. The van der Waals surface area contributed by atoms with Crippen LogP contribution in [0.4, 0.5) is 5.69 Å². The summed E-state index contributed by atoms with van der Waals surface area (Å²) < 4.78 is 6.34. The van der Waals surface area contributed by atoms with Gasteiger partial charge in [0.25, 0.3) is 5.91 Å². The van der Waals surface area contributed by atoms with Crippen LogP contribution in [0.3, 0.4) is 0 Å². The summed E-state index contributed by atoms with van der Waals surface area (Å²) in [4.78, 5) is 56.7. The molecule has 2 aliphatic rings. The fraction of sp³-hybridized carbons (Fsp3) is 0.467. The monoisotopic (exact) mass is 580 g/mol. The minimum Gasteiger partial charge on any atom is -0.492 e. The smallest absolute Gasteiger partial charge is 0.349 e. The van der Waals surface area contributed by atoms with Gasteiger partial charge in [0.15, 0.2) is 0 Å². The van der Waals surface area contributed by atoms with E-state index in [0.717, 1.165) is 56.1 Å². The molecule has 0 unspecified atom stereocenters. The van der Waals surface area contributed by atoms with Crippen molar-refractivity contribution in [3.63, 3.8) is 0 Å². The Labute approximate surface area is 242 Å². The Hall–Kier alpha value is -4.48. The SMILES string of the molecule is O=C(CCCCCCC(=O)On1c(O)ccc1O)NCCNC(=O)c1cc2cc3c4c(c2oc1=O)CCCN4CCC3. The molecular formula is C30H36N4O8. The van der Waals surface area contributed by atoms with Crippen LogP contribution in [0.2, 0.25) is 0 Å². The topological polar surface area (TPSA) is 163 Å². The molecule has 0 saturated heterocycles. The predicted octanol–water partition coefficient (Wildman–Crippen LogP) is 2.55. The van der Waals surface area contributed by atoms with E-state index in [-0.39, 0.29) is 42.7 Å². The average molecular weight is 581 g/mol. The summed E-state index contributed by atoms with van der Waals surface area (Å²) >= 11 is 0. The van der Waals surface area contributed by atoms with Gasteiger partial charge in [-0.05, 0) is 56.2 Å². The van der Waals surface area contributed by atoms with Gasteiger partial charge in [0, 0.05) is 67.8 Å². The molecule has 0 saturated carbocycles. The number of amides is 2. The Kier molecular flexibility index (Phi) is 8.99. The van der Waals surface area contributed by atoms with Crippen molar-refractivity contribution in [2.24, 2.45) is 0 Å². The number of anilines is 1. The summed E-state index contributed by atoms with van der Waals surface area (Å²) in [6.45, 7) is 2.42. The molecule has 3 aromatic rings. The Morgan fingerprint density at radius 3 is 2.36 bits per heavy atom. The van der Waals surface area contributed by atoms with Crippen LogP contribution in [0.25, 0.3) is 11.0 Å². The van der Waals surface area contributed by atoms with Crippen LogP contribution in [0.15, 0.2) is 33.5 Å². The summed E-state index contributed by atoms with van der Waals surface area (Å²) in [6, 6.07) is 6.07. The van der Waals surface area contributed by atoms with Gasteiger partial charge >= 0.3 is 11.6 Å². The molecule has 2 aromatic heterocycles. The molecule has 42 heavy (non-hydrogen) atoms. The van der Waals surface area contributed by atoms with E-state index in [1.807, 2.05) is 6.07 Å². The number of fused-ring (bicyclic) bond motifs is 2. The van der Waals surface area contributed by atoms with Crippen LogP contribution in [0.5, 0.6) is 11.8 Å². The molecule has 12 heteroatoms. The molecule has 224 valence electrons. The van der Waals surface area contributed by atoms with E-state index in [1.54, 1.807) is 6.07 Å². The van der Waals surface area contributed by atoms with Gasteiger partial charge in [-0.3, -0.25) is 9.59 Å². The third-order valence-corrected chi connectivity index (χ3v) is 7.72. The zero-order valence-electron chi connectivity index (χ0n) is 23.4. The lowest BCUT2D eigenvalue weighted by molar-refractivity contribution is -0.145. The Bertz CT molecular complexity index is 1520. The second-order valence-electron chi connectivity index (χ2n) is 10.8. The van der Waals surface area contributed by atoms with E-state index >= 15 is 0 Å². The van der Waals surface area contributed by atoms with Gasteiger partial charge in [-0.15, -0.1) is 4.73 Å². The van der Waals surface area contributed by atoms with E-state index in [1.165, 1.54) is 23.4 Å². The molecule has 4 N–H and O–H groups in total. The highest BCUT2D eigenvalue weighted by Crippen LogP contribution is 2.39. The maximum absolute atomic E-state index is 12.8. The fourth-order valence-electron chi connectivity index (χ4n) is 5.72. The standard InChI is InChI=1S/C30H36N4O8/c35-23(9-3-1-2-4-10-26(38)42-34-24(36)11-12-25(34)37)31-13-14-32-29(39)22-18-20-17-19-7-5-15-33-16-6-8-21(27(19)33)28(20)41-30(22)40/h11-12,17-18,36-37H,1-10,13-16H2,(H,31,35)(H,32,39). The van der Waals surface area contributed by atoms with Gasteiger partial charge < -0.3 is 35.0 Å². The summed E-state index contributed by atoms with van der Waals surface area (Å²) in [5, 5.41) is 25.2. The Morgan fingerprint density at radius 1 is 0.905 bits per heavy atom. The van der Waals surface area contributed by atoms with E-state index in [4.69, 9.17) is 9.25 Å². The number of aryl methyl sites for hydroxylation is 2. The van der Waals surface area contributed by atoms with Gasteiger partial charge in [-0.2, -0.15) is 0 Å². The lowest BCUT2D eigenvalue weighted by atomic mass is 9.90. The number of rotatable bonds is 12. The molecule has 2 aliphatic heterocycles. The lowest BCUT2D eigenvalue weighted by Gasteiger charge is -2.37. The van der Waals surface area contributed by atoms with Crippen molar-refractivity contribution >= 4 is 34.4 Å². The highest BCUT2D eigenvalue weighted by molar-refractivity contribution is 5.98. The fourth-order valence-corrected chi connectivity index (χ4v) is 5.72. The number of aromatic hydroxyl groups is 2. The van der Waals surface area contributed by atoms with Crippen LogP contribution >= 0.6 is 0 Å². The first-order valence-electron chi connectivity index (χ1n) is 14.5. The van der Waals surface area contributed by atoms with E-state index in [2.05, 4.69) is 15.5 Å². The summed E-state index contributed by atoms with van der Waals surface area (Å²) in [6.07, 6.45) is 6.95.